The fourth-order valence-electron chi connectivity index (χ4n) is 0.390. The first-order valence-corrected chi connectivity index (χ1v) is 5.90. The molecule has 0 spiro atoms. The predicted molar refractivity (Wildman–Crippen MR) is 38.9 cm³/mol. The Balaban J connectivity index is 2.83. The van der Waals surface area contributed by atoms with Crippen molar-refractivity contribution in [2.24, 2.45) is 0 Å². The van der Waals surface area contributed by atoms with Crippen molar-refractivity contribution >= 4 is 31.5 Å². The molecule has 0 aromatic rings. The van der Waals surface area contributed by atoms with Crippen molar-refractivity contribution in [3.05, 3.63) is 0 Å². The van der Waals surface area contributed by atoms with Gasteiger partial charge in [-0.3, -0.25) is 0 Å². The van der Waals surface area contributed by atoms with Crippen LogP contribution >= 0.6 is 22.7 Å². The minimum absolute atomic E-state index is 0.326. The monoisotopic (exact) mass is 156 g/mol. The minimum atomic E-state index is -0.435. The van der Waals surface area contributed by atoms with Crippen LogP contribution in [0.4, 0.5) is 0 Å². The molecule has 7 heavy (non-hydrogen) atoms. The largest absolute Gasteiger partial charge is 0.175 e. The summed E-state index contributed by atoms with van der Waals surface area (Å²) in [7, 11) is -0.435. The second-order valence-electron chi connectivity index (χ2n) is 1.54. The van der Waals surface area contributed by atoms with Gasteiger partial charge in [0.2, 0.25) is 0 Å². The van der Waals surface area contributed by atoms with E-state index in [0.29, 0.717) is 5.00 Å². The van der Waals surface area contributed by atoms with Crippen LogP contribution in [-0.2, 0) is 0 Å². The van der Waals surface area contributed by atoms with Crippen molar-refractivity contribution < 1.29 is 0 Å². The molecule has 0 saturated carbocycles. The summed E-state index contributed by atoms with van der Waals surface area (Å²) >= 11 is 11.2. The van der Waals surface area contributed by atoms with Crippen LogP contribution in [0.25, 0.3) is 0 Å². The van der Waals surface area contributed by atoms with Crippen molar-refractivity contribution in [3.8, 4) is 0 Å². The minimum Gasteiger partial charge on any atom is -0.175 e. The Labute approximate surface area is 56.7 Å². The first kappa shape index (κ1) is 7.80. The van der Waals surface area contributed by atoms with E-state index in [1.54, 1.807) is 0 Å². The average molecular weight is 157 g/mol. The molecule has 0 fully saturated rings. The third-order valence-electron chi connectivity index (χ3n) is 0.769. The zero-order valence-corrected chi connectivity index (χ0v) is 7.38. The summed E-state index contributed by atoms with van der Waals surface area (Å²) in [5.74, 6) is 0. The first-order chi connectivity index (χ1) is 3.31. The second-order valence-corrected chi connectivity index (χ2v) is 4.90. The molecule has 0 amide bonds. The lowest BCUT2D eigenvalue weighted by Crippen LogP contribution is -2.01. The highest BCUT2D eigenvalue weighted by molar-refractivity contribution is 6.97. The number of alkyl halides is 1. The van der Waals surface area contributed by atoms with Crippen molar-refractivity contribution in [3.63, 3.8) is 0 Å². The van der Waals surface area contributed by atoms with E-state index < -0.39 is 8.83 Å². The van der Waals surface area contributed by atoms with Gasteiger partial charge in [0, 0.05) is 5.00 Å². The standard InChI is InChI=1S/C4H10Cl2Si/c1-2-3-4(5)7-6/h4H,2-3,7H2,1H3. The summed E-state index contributed by atoms with van der Waals surface area (Å²) in [6.07, 6.45) is 2.26. The van der Waals surface area contributed by atoms with E-state index >= 15 is 0 Å². The van der Waals surface area contributed by atoms with Gasteiger partial charge in [0.05, 0.1) is 0 Å². The van der Waals surface area contributed by atoms with E-state index in [1.165, 1.54) is 0 Å². The van der Waals surface area contributed by atoms with Gasteiger partial charge in [0.15, 0.2) is 0 Å². The Kier molecular flexibility index (Phi) is 5.51. The molecule has 1 unspecified atom stereocenters. The maximum absolute atomic E-state index is 5.70. The molecule has 0 aliphatic heterocycles. The van der Waals surface area contributed by atoms with E-state index in [-0.39, 0.29) is 0 Å². The topological polar surface area (TPSA) is 0 Å². The number of halogens is 2. The van der Waals surface area contributed by atoms with Gasteiger partial charge in [-0.1, -0.05) is 13.3 Å². The van der Waals surface area contributed by atoms with Crippen LogP contribution in [0.2, 0.25) is 0 Å². The molecule has 0 radical (unpaired) electrons. The van der Waals surface area contributed by atoms with Gasteiger partial charge in [0.25, 0.3) is 0 Å². The summed E-state index contributed by atoms with van der Waals surface area (Å²) in [5.41, 5.74) is 0. The highest BCUT2D eigenvalue weighted by atomic mass is 35.6. The van der Waals surface area contributed by atoms with Gasteiger partial charge < -0.3 is 0 Å². The van der Waals surface area contributed by atoms with E-state index in [1.807, 2.05) is 0 Å². The number of rotatable bonds is 3. The van der Waals surface area contributed by atoms with Crippen LogP contribution in [0.15, 0.2) is 0 Å². The molecule has 0 aliphatic carbocycles. The highest BCUT2D eigenvalue weighted by Gasteiger charge is 1.98. The van der Waals surface area contributed by atoms with Gasteiger partial charge in [-0.25, -0.2) is 0 Å². The van der Waals surface area contributed by atoms with Gasteiger partial charge in [-0.15, -0.1) is 11.6 Å². The quantitative estimate of drug-likeness (QED) is 0.332. The van der Waals surface area contributed by atoms with Crippen LogP contribution in [0.5, 0.6) is 0 Å². The first-order valence-electron chi connectivity index (χ1n) is 2.51. The Hall–Kier alpha value is 0.797. The van der Waals surface area contributed by atoms with Crippen LogP contribution in [0, 0.1) is 0 Å². The molecule has 0 aromatic heterocycles. The van der Waals surface area contributed by atoms with E-state index in [2.05, 4.69) is 6.92 Å². The summed E-state index contributed by atoms with van der Waals surface area (Å²) < 4.78 is 0. The molecule has 44 valence electrons. The summed E-state index contributed by atoms with van der Waals surface area (Å²) in [5, 5.41) is 0.326. The van der Waals surface area contributed by atoms with E-state index in [9.17, 15) is 0 Å². The van der Waals surface area contributed by atoms with Crippen LogP contribution in [0.1, 0.15) is 19.8 Å². The maximum atomic E-state index is 5.70. The van der Waals surface area contributed by atoms with Gasteiger partial charge in [0.1, 0.15) is 8.83 Å². The van der Waals surface area contributed by atoms with Gasteiger partial charge in [-0.05, 0) is 6.42 Å². The van der Waals surface area contributed by atoms with E-state index in [0.717, 1.165) is 12.8 Å². The molecule has 0 heterocycles. The fourth-order valence-corrected chi connectivity index (χ4v) is 1.63. The molecule has 0 aromatic carbocycles. The Bertz CT molecular complexity index is 40.7. The van der Waals surface area contributed by atoms with Crippen molar-refractivity contribution in [1.82, 2.24) is 0 Å². The molecule has 0 aliphatic rings. The molecule has 1 atom stereocenters. The van der Waals surface area contributed by atoms with Gasteiger partial charge >= 0.3 is 0 Å². The summed E-state index contributed by atoms with van der Waals surface area (Å²) in [4.78, 5) is 0. The molecular weight excluding hydrogens is 147 g/mol. The predicted octanol–water partition coefficient (Wildman–Crippen LogP) is 1.67. The lowest BCUT2D eigenvalue weighted by Gasteiger charge is -1.97. The molecular formula is C4H10Cl2Si. The molecule has 0 N–H and O–H groups in total. The highest BCUT2D eigenvalue weighted by Crippen LogP contribution is 2.03. The normalized spacial score (nSPS) is 15.9. The second kappa shape index (κ2) is 4.94. The molecule has 0 nitrogen and oxygen atoms in total. The Morgan fingerprint density at radius 3 is 2.43 bits per heavy atom. The van der Waals surface area contributed by atoms with Crippen molar-refractivity contribution in [1.29, 1.82) is 0 Å². The Morgan fingerprint density at radius 2 is 2.29 bits per heavy atom. The van der Waals surface area contributed by atoms with Crippen LogP contribution in [-0.4, -0.2) is 13.8 Å². The zero-order chi connectivity index (χ0) is 5.70. The molecule has 0 rings (SSSR count). The lowest BCUT2D eigenvalue weighted by atomic mass is 10.4. The summed E-state index contributed by atoms with van der Waals surface area (Å²) in [6, 6.07) is 0. The fraction of sp³-hybridized carbons (Fsp3) is 1.00. The maximum Gasteiger partial charge on any atom is 0.143 e. The number of hydrogen-bond donors (Lipinski definition) is 0. The van der Waals surface area contributed by atoms with Gasteiger partial charge in [-0.2, -0.15) is 11.1 Å². The van der Waals surface area contributed by atoms with Crippen LogP contribution in [0.3, 0.4) is 0 Å². The Morgan fingerprint density at radius 1 is 1.71 bits per heavy atom. The summed E-state index contributed by atoms with van der Waals surface area (Å²) in [6.45, 7) is 2.12. The smallest absolute Gasteiger partial charge is 0.143 e. The number of hydrogen-bond acceptors (Lipinski definition) is 0. The average Bonchev–Trinajstić information content (AvgIpc) is 1.68. The van der Waals surface area contributed by atoms with E-state index in [4.69, 9.17) is 22.7 Å². The third kappa shape index (κ3) is 4.65. The third-order valence-corrected chi connectivity index (χ3v) is 3.79. The lowest BCUT2D eigenvalue weighted by molar-refractivity contribution is 0.857. The SMILES string of the molecule is CCCC(Cl)[SiH2]Cl. The van der Waals surface area contributed by atoms with Crippen molar-refractivity contribution in [2.45, 2.75) is 24.8 Å². The molecule has 0 saturated heterocycles. The van der Waals surface area contributed by atoms with Crippen molar-refractivity contribution in [2.75, 3.05) is 0 Å². The zero-order valence-electron chi connectivity index (χ0n) is 4.45. The molecule has 3 heteroatoms. The molecule has 0 bridgehead atoms. The van der Waals surface area contributed by atoms with Crippen LogP contribution < -0.4 is 0 Å².